The van der Waals surface area contributed by atoms with E-state index >= 15 is 0 Å². The van der Waals surface area contributed by atoms with E-state index in [9.17, 15) is 14.4 Å². The number of thiophene rings is 1. The van der Waals surface area contributed by atoms with Gasteiger partial charge in [0.15, 0.2) is 6.61 Å². The number of ether oxygens (including phenoxy) is 1. The van der Waals surface area contributed by atoms with Crippen molar-refractivity contribution < 1.29 is 19.1 Å². The number of rotatable bonds is 8. The lowest BCUT2D eigenvalue weighted by Crippen LogP contribution is -2.27. The molecule has 0 saturated heterocycles. The highest BCUT2D eigenvalue weighted by Gasteiger charge is 2.28. The predicted octanol–water partition coefficient (Wildman–Crippen LogP) is 3.16. The van der Waals surface area contributed by atoms with Gasteiger partial charge in [-0.3, -0.25) is 14.4 Å². The van der Waals surface area contributed by atoms with Crippen LogP contribution in [0.5, 0.6) is 0 Å². The third-order valence-corrected chi connectivity index (χ3v) is 4.98. The van der Waals surface area contributed by atoms with Crippen LogP contribution in [0.1, 0.15) is 42.1 Å². The summed E-state index contributed by atoms with van der Waals surface area (Å²) in [7, 11) is 0. The summed E-state index contributed by atoms with van der Waals surface area (Å²) < 4.78 is 5.23. The lowest BCUT2D eigenvalue weighted by molar-refractivity contribution is -0.150. The third kappa shape index (κ3) is 4.92. The van der Waals surface area contributed by atoms with Gasteiger partial charge < -0.3 is 15.8 Å². The number of nitrogens with one attached hydrogen (secondary N) is 1. The second-order valence-electron chi connectivity index (χ2n) is 5.96. The van der Waals surface area contributed by atoms with Gasteiger partial charge in [-0.2, -0.15) is 0 Å². The number of hydrogen-bond acceptors (Lipinski definition) is 5. The zero-order valence-electron chi connectivity index (χ0n) is 14.7. The summed E-state index contributed by atoms with van der Waals surface area (Å²) in [5, 5.41) is 4.55. The maximum atomic E-state index is 12.6. The molecule has 1 aromatic heterocycles. The molecule has 2 amide bonds. The fraction of sp³-hybridized carbons (Fsp3) is 0.316. The highest BCUT2D eigenvalue weighted by atomic mass is 32.1. The lowest BCUT2D eigenvalue weighted by atomic mass is 9.86. The number of amides is 2. The van der Waals surface area contributed by atoms with Gasteiger partial charge in [0.25, 0.3) is 11.8 Å². The molecule has 0 spiro atoms. The van der Waals surface area contributed by atoms with Crippen molar-refractivity contribution in [1.29, 1.82) is 0 Å². The molecular weight excluding hydrogens is 352 g/mol. The Morgan fingerprint density at radius 2 is 1.88 bits per heavy atom. The Bertz CT molecular complexity index is 773. The second-order valence-corrected chi connectivity index (χ2v) is 6.87. The van der Waals surface area contributed by atoms with Crippen LogP contribution in [0.15, 0.2) is 41.8 Å². The Hall–Kier alpha value is -2.67. The summed E-state index contributed by atoms with van der Waals surface area (Å²) in [6.45, 7) is 3.56. The summed E-state index contributed by atoms with van der Waals surface area (Å²) >= 11 is 1.18. The van der Waals surface area contributed by atoms with Crippen molar-refractivity contribution in [2.45, 2.75) is 26.2 Å². The molecule has 0 aliphatic heterocycles. The first-order valence-corrected chi connectivity index (χ1v) is 9.20. The highest BCUT2D eigenvalue weighted by molar-refractivity contribution is 7.14. The first-order valence-electron chi connectivity index (χ1n) is 8.32. The standard InChI is InChI=1S/C19H22N2O4S/c1-3-12(2)16(13-7-5-4-6-8-13)19(24)25-11-15(22)21-18-14(17(20)23)9-10-26-18/h4-10,12,16H,3,11H2,1-2H3,(H2,20,23)(H,21,22)/t12-,16+/m1/s1. The summed E-state index contributed by atoms with van der Waals surface area (Å²) in [6.07, 6.45) is 0.804. The topological polar surface area (TPSA) is 98.5 Å². The van der Waals surface area contributed by atoms with E-state index in [1.54, 1.807) is 5.38 Å². The van der Waals surface area contributed by atoms with Gasteiger partial charge in [-0.05, 0) is 22.9 Å². The molecule has 0 aliphatic carbocycles. The van der Waals surface area contributed by atoms with Crippen LogP contribution < -0.4 is 11.1 Å². The third-order valence-electron chi connectivity index (χ3n) is 4.15. The number of hydrogen-bond donors (Lipinski definition) is 2. The molecule has 3 N–H and O–H groups in total. The van der Waals surface area contributed by atoms with Gasteiger partial charge in [-0.25, -0.2) is 0 Å². The van der Waals surface area contributed by atoms with Crippen molar-refractivity contribution in [3.8, 4) is 0 Å². The number of benzene rings is 1. The molecule has 7 heteroatoms. The molecular formula is C19H22N2O4S. The maximum Gasteiger partial charge on any atom is 0.314 e. The maximum absolute atomic E-state index is 12.6. The molecule has 2 rings (SSSR count). The average molecular weight is 374 g/mol. The Kier molecular flexibility index (Phi) is 6.91. The summed E-state index contributed by atoms with van der Waals surface area (Å²) in [4.78, 5) is 35.9. The van der Waals surface area contributed by atoms with Crippen LogP contribution in [-0.2, 0) is 14.3 Å². The average Bonchev–Trinajstić information content (AvgIpc) is 3.09. The second kappa shape index (κ2) is 9.15. The van der Waals surface area contributed by atoms with Gasteiger partial charge in [0.05, 0.1) is 11.5 Å². The fourth-order valence-corrected chi connectivity index (χ4v) is 3.39. The van der Waals surface area contributed by atoms with Crippen molar-refractivity contribution in [3.05, 3.63) is 52.9 Å². The number of carbonyl (C=O) groups is 3. The largest absolute Gasteiger partial charge is 0.455 e. The molecule has 6 nitrogen and oxygen atoms in total. The van der Waals surface area contributed by atoms with Gasteiger partial charge >= 0.3 is 5.97 Å². The zero-order valence-corrected chi connectivity index (χ0v) is 15.5. The SMILES string of the molecule is CC[C@@H](C)[C@H](C(=O)OCC(=O)Nc1sccc1C(N)=O)c1ccccc1. The molecule has 138 valence electrons. The van der Waals surface area contributed by atoms with Crippen LogP contribution in [0.25, 0.3) is 0 Å². The molecule has 1 heterocycles. The minimum Gasteiger partial charge on any atom is -0.455 e. The van der Waals surface area contributed by atoms with Crippen molar-refractivity contribution in [2.24, 2.45) is 11.7 Å². The Morgan fingerprint density at radius 1 is 1.19 bits per heavy atom. The predicted molar refractivity (Wildman–Crippen MR) is 101 cm³/mol. The van der Waals surface area contributed by atoms with Crippen LogP contribution in [0.2, 0.25) is 0 Å². The van der Waals surface area contributed by atoms with E-state index in [-0.39, 0.29) is 11.5 Å². The van der Waals surface area contributed by atoms with E-state index < -0.39 is 30.3 Å². The number of nitrogens with two attached hydrogens (primary N) is 1. The molecule has 0 aliphatic rings. The Balaban J connectivity index is 2.00. The first-order chi connectivity index (χ1) is 12.4. The first kappa shape index (κ1) is 19.7. The normalized spacial score (nSPS) is 12.8. The summed E-state index contributed by atoms with van der Waals surface area (Å²) in [5.41, 5.74) is 6.34. The number of esters is 1. The minimum absolute atomic E-state index is 0.0757. The van der Waals surface area contributed by atoms with E-state index in [1.807, 2.05) is 44.2 Å². The summed E-state index contributed by atoms with van der Waals surface area (Å²) in [6, 6.07) is 10.9. The quantitative estimate of drug-likeness (QED) is 0.693. The Labute approximate surface area is 156 Å². The van der Waals surface area contributed by atoms with Crippen LogP contribution in [0, 0.1) is 5.92 Å². The zero-order chi connectivity index (χ0) is 19.1. The molecule has 0 bridgehead atoms. The lowest BCUT2D eigenvalue weighted by Gasteiger charge is -2.21. The van der Waals surface area contributed by atoms with E-state index in [4.69, 9.17) is 10.5 Å². The van der Waals surface area contributed by atoms with Crippen LogP contribution >= 0.6 is 11.3 Å². The number of carbonyl (C=O) groups excluding carboxylic acids is 3. The monoisotopic (exact) mass is 374 g/mol. The van der Waals surface area contributed by atoms with Crippen molar-refractivity contribution in [1.82, 2.24) is 0 Å². The molecule has 0 radical (unpaired) electrons. The van der Waals surface area contributed by atoms with Crippen molar-refractivity contribution >= 4 is 34.1 Å². The highest BCUT2D eigenvalue weighted by Crippen LogP contribution is 2.28. The van der Waals surface area contributed by atoms with Gasteiger partial charge in [0.1, 0.15) is 5.00 Å². The van der Waals surface area contributed by atoms with Crippen molar-refractivity contribution in [2.75, 3.05) is 11.9 Å². The molecule has 2 aromatic rings. The van der Waals surface area contributed by atoms with Crippen LogP contribution in [-0.4, -0.2) is 24.4 Å². The van der Waals surface area contributed by atoms with E-state index in [1.165, 1.54) is 17.4 Å². The summed E-state index contributed by atoms with van der Waals surface area (Å²) in [5.74, 6) is -1.94. The number of primary amides is 1. The molecule has 0 unspecified atom stereocenters. The molecule has 0 fully saturated rings. The fourth-order valence-electron chi connectivity index (χ4n) is 2.58. The Morgan fingerprint density at radius 3 is 2.50 bits per heavy atom. The minimum atomic E-state index is -0.626. The van der Waals surface area contributed by atoms with Crippen LogP contribution in [0.3, 0.4) is 0 Å². The van der Waals surface area contributed by atoms with Gasteiger partial charge in [-0.15, -0.1) is 11.3 Å². The van der Waals surface area contributed by atoms with Gasteiger partial charge in [0, 0.05) is 0 Å². The van der Waals surface area contributed by atoms with Gasteiger partial charge in [0.2, 0.25) is 0 Å². The molecule has 2 atom stereocenters. The van der Waals surface area contributed by atoms with E-state index in [0.717, 1.165) is 12.0 Å². The molecule has 26 heavy (non-hydrogen) atoms. The van der Waals surface area contributed by atoms with E-state index in [0.29, 0.717) is 5.00 Å². The smallest absolute Gasteiger partial charge is 0.314 e. The molecule has 1 aromatic carbocycles. The van der Waals surface area contributed by atoms with E-state index in [2.05, 4.69) is 5.32 Å². The van der Waals surface area contributed by atoms with Gasteiger partial charge in [-0.1, -0.05) is 50.6 Å². The number of anilines is 1. The van der Waals surface area contributed by atoms with Crippen LogP contribution in [0.4, 0.5) is 5.00 Å². The molecule has 0 saturated carbocycles. The van der Waals surface area contributed by atoms with Crippen molar-refractivity contribution in [3.63, 3.8) is 0 Å².